The van der Waals surface area contributed by atoms with Gasteiger partial charge in [0, 0.05) is 38.4 Å². The number of alkyl halides is 3. The molecule has 1 fully saturated rings. The molecule has 9 nitrogen and oxygen atoms in total. The van der Waals surface area contributed by atoms with Gasteiger partial charge < -0.3 is 25.6 Å². The molecule has 2 amide bonds. The molecule has 1 aromatic carbocycles. The Morgan fingerprint density at radius 1 is 1.21 bits per heavy atom. The van der Waals surface area contributed by atoms with E-state index in [2.05, 4.69) is 33.1 Å². The number of amides is 2. The number of aromatic nitrogens is 2. The lowest BCUT2D eigenvalue weighted by Gasteiger charge is -2.11. The molecule has 0 aliphatic carbocycles. The summed E-state index contributed by atoms with van der Waals surface area (Å²) in [5.74, 6) is -2.83. The SMILES string of the molecule is O=C(CCNC(=O)C1CCCN1)NCc1cccc(Cn2ccnc2)c1.O=C(O)C(F)(F)F. The van der Waals surface area contributed by atoms with Crippen LogP contribution in [0.25, 0.3) is 0 Å². The van der Waals surface area contributed by atoms with Crippen molar-refractivity contribution in [3.63, 3.8) is 0 Å². The summed E-state index contributed by atoms with van der Waals surface area (Å²) in [6.07, 6.45) is 2.55. The number of carbonyl (C=O) groups is 3. The van der Waals surface area contributed by atoms with Gasteiger partial charge in [-0.2, -0.15) is 13.2 Å². The van der Waals surface area contributed by atoms with Crippen molar-refractivity contribution in [2.45, 2.75) is 44.6 Å². The van der Waals surface area contributed by atoms with E-state index in [9.17, 15) is 22.8 Å². The maximum atomic E-state index is 12.0. The second-order valence-electron chi connectivity index (χ2n) is 7.32. The number of nitrogens with one attached hydrogen (secondary N) is 3. The van der Waals surface area contributed by atoms with Crippen LogP contribution in [0, 0.1) is 0 Å². The van der Waals surface area contributed by atoms with Crippen molar-refractivity contribution in [3.05, 3.63) is 54.1 Å². The summed E-state index contributed by atoms with van der Waals surface area (Å²) in [6, 6.07) is 8.01. The molecule has 0 radical (unpaired) electrons. The Labute approximate surface area is 188 Å². The zero-order chi connectivity index (χ0) is 24.3. The molecule has 1 aliphatic heterocycles. The minimum absolute atomic E-state index is 0.0116. The Balaban J connectivity index is 0.000000479. The smallest absolute Gasteiger partial charge is 0.475 e. The third-order valence-corrected chi connectivity index (χ3v) is 4.68. The standard InChI is InChI=1S/C19H25N5O2.C2HF3O2/c25-18(6-8-22-19(26)17-5-2-7-21-17)23-12-15-3-1-4-16(11-15)13-24-10-9-20-14-24;3-2(4,5)1(6)7/h1,3-4,9-11,14,17,21H,2,5-8,12-13H2,(H,22,26)(H,23,25);(H,6,7). The third-order valence-electron chi connectivity index (χ3n) is 4.68. The first-order chi connectivity index (χ1) is 15.6. The zero-order valence-corrected chi connectivity index (χ0v) is 17.8. The molecular weight excluding hydrogens is 443 g/mol. The zero-order valence-electron chi connectivity index (χ0n) is 17.8. The van der Waals surface area contributed by atoms with Gasteiger partial charge in [0.15, 0.2) is 0 Å². The quantitative estimate of drug-likeness (QED) is 0.464. The van der Waals surface area contributed by atoms with Crippen LogP contribution >= 0.6 is 0 Å². The second-order valence-corrected chi connectivity index (χ2v) is 7.32. The van der Waals surface area contributed by atoms with Crippen LogP contribution in [-0.4, -0.2) is 57.7 Å². The number of imidazole rings is 1. The lowest BCUT2D eigenvalue weighted by Crippen LogP contribution is -2.41. The van der Waals surface area contributed by atoms with Crippen LogP contribution in [0.15, 0.2) is 43.0 Å². The number of carboxylic acids is 1. The van der Waals surface area contributed by atoms with Crippen LogP contribution in [0.3, 0.4) is 0 Å². The first kappa shape index (κ1) is 25.8. The number of halogens is 3. The number of hydrogen-bond donors (Lipinski definition) is 4. The lowest BCUT2D eigenvalue weighted by atomic mass is 10.1. The number of hydrogen-bond acceptors (Lipinski definition) is 5. The normalized spacial score (nSPS) is 15.3. The van der Waals surface area contributed by atoms with Crippen molar-refractivity contribution < 1.29 is 32.7 Å². The molecule has 3 rings (SSSR count). The van der Waals surface area contributed by atoms with Crippen molar-refractivity contribution in [1.29, 1.82) is 0 Å². The maximum Gasteiger partial charge on any atom is 0.490 e. The molecule has 33 heavy (non-hydrogen) atoms. The molecule has 12 heteroatoms. The molecule has 2 aromatic rings. The summed E-state index contributed by atoms with van der Waals surface area (Å²) in [5, 5.41) is 16.0. The molecule has 1 saturated heterocycles. The number of nitrogens with zero attached hydrogens (tertiary/aromatic N) is 2. The third kappa shape index (κ3) is 9.73. The highest BCUT2D eigenvalue weighted by Crippen LogP contribution is 2.13. The molecule has 1 aromatic heterocycles. The Morgan fingerprint density at radius 3 is 2.55 bits per heavy atom. The van der Waals surface area contributed by atoms with Gasteiger partial charge in [-0.05, 0) is 30.5 Å². The number of carboxylic acid groups (broad SMARTS) is 1. The predicted octanol–water partition coefficient (Wildman–Crippen LogP) is 1.44. The molecule has 0 bridgehead atoms. The molecular formula is C21H26F3N5O4. The molecule has 1 unspecified atom stereocenters. The van der Waals surface area contributed by atoms with Gasteiger partial charge in [-0.1, -0.05) is 24.3 Å². The fraction of sp³-hybridized carbons (Fsp3) is 0.429. The van der Waals surface area contributed by atoms with Crippen LogP contribution < -0.4 is 16.0 Å². The van der Waals surface area contributed by atoms with Crippen LogP contribution in [0.4, 0.5) is 13.2 Å². The summed E-state index contributed by atoms with van der Waals surface area (Å²) in [4.78, 5) is 36.8. The number of rotatable bonds is 8. The highest BCUT2D eigenvalue weighted by atomic mass is 19.4. The van der Waals surface area contributed by atoms with Gasteiger partial charge in [-0.3, -0.25) is 9.59 Å². The maximum absolute atomic E-state index is 12.0. The average molecular weight is 469 g/mol. The van der Waals surface area contributed by atoms with Gasteiger partial charge in [0.25, 0.3) is 0 Å². The number of aliphatic carboxylic acids is 1. The Morgan fingerprint density at radius 2 is 1.94 bits per heavy atom. The van der Waals surface area contributed by atoms with Crippen molar-refractivity contribution in [2.75, 3.05) is 13.1 Å². The summed E-state index contributed by atoms with van der Waals surface area (Å²) < 4.78 is 33.7. The molecule has 1 atom stereocenters. The molecule has 4 N–H and O–H groups in total. The summed E-state index contributed by atoms with van der Waals surface area (Å²) in [6.45, 7) is 2.49. The van der Waals surface area contributed by atoms with Crippen LogP contribution in [-0.2, 0) is 27.5 Å². The minimum atomic E-state index is -5.08. The van der Waals surface area contributed by atoms with Crippen molar-refractivity contribution in [1.82, 2.24) is 25.5 Å². The van der Waals surface area contributed by atoms with Gasteiger partial charge in [0.1, 0.15) is 0 Å². The first-order valence-electron chi connectivity index (χ1n) is 10.3. The first-order valence-corrected chi connectivity index (χ1v) is 10.3. The Hall–Kier alpha value is -3.41. The fourth-order valence-electron chi connectivity index (χ4n) is 3.05. The van der Waals surface area contributed by atoms with E-state index in [-0.39, 0.29) is 24.3 Å². The van der Waals surface area contributed by atoms with Crippen LogP contribution in [0.2, 0.25) is 0 Å². The molecule has 0 spiro atoms. The van der Waals surface area contributed by atoms with Gasteiger partial charge in [-0.25, -0.2) is 9.78 Å². The number of benzene rings is 1. The van der Waals surface area contributed by atoms with Crippen molar-refractivity contribution >= 4 is 17.8 Å². The van der Waals surface area contributed by atoms with Gasteiger partial charge in [-0.15, -0.1) is 0 Å². The molecule has 2 heterocycles. The van der Waals surface area contributed by atoms with Crippen LogP contribution in [0.5, 0.6) is 0 Å². The Bertz CT molecular complexity index is 913. The van der Waals surface area contributed by atoms with Gasteiger partial charge in [0.2, 0.25) is 11.8 Å². The van der Waals surface area contributed by atoms with E-state index in [4.69, 9.17) is 9.90 Å². The molecule has 1 aliphatic rings. The summed E-state index contributed by atoms with van der Waals surface area (Å²) in [7, 11) is 0. The van der Waals surface area contributed by atoms with E-state index in [1.807, 2.05) is 22.9 Å². The van der Waals surface area contributed by atoms with E-state index in [0.29, 0.717) is 13.1 Å². The summed E-state index contributed by atoms with van der Waals surface area (Å²) >= 11 is 0. The highest BCUT2D eigenvalue weighted by molar-refractivity contribution is 5.83. The van der Waals surface area contributed by atoms with E-state index >= 15 is 0 Å². The van der Waals surface area contributed by atoms with E-state index in [0.717, 1.165) is 37.1 Å². The lowest BCUT2D eigenvalue weighted by molar-refractivity contribution is -0.192. The van der Waals surface area contributed by atoms with Crippen molar-refractivity contribution in [3.8, 4) is 0 Å². The average Bonchev–Trinajstić information content (AvgIpc) is 3.47. The molecule has 180 valence electrons. The van der Waals surface area contributed by atoms with Gasteiger partial charge in [0.05, 0.1) is 12.4 Å². The monoisotopic (exact) mass is 469 g/mol. The summed E-state index contributed by atoms with van der Waals surface area (Å²) in [5.41, 5.74) is 2.21. The minimum Gasteiger partial charge on any atom is -0.475 e. The van der Waals surface area contributed by atoms with E-state index < -0.39 is 12.1 Å². The fourth-order valence-corrected chi connectivity index (χ4v) is 3.05. The topological polar surface area (TPSA) is 125 Å². The van der Waals surface area contributed by atoms with Crippen molar-refractivity contribution in [2.24, 2.45) is 0 Å². The van der Waals surface area contributed by atoms with Crippen LogP contribution in [0.1, 0.15) is 30.4 Å². The highest BCUT2D eigenvalue weighted by Gasteiger charge is 2.38. The predicted molar refractivity (Wildman–Crippen MR) is 112 cm³/mol. The van der Waals surface area contributed by atoms with Gasteiger partial charge >= 0.3 is 12.1 Å². The second kappa shape index (κ2) is 12.6. The van der Waals surface area contributed by atoms with E-state index in [1.54, 1.807) is 12.5 Å². The number of carbonyl (C=O) groups excluding carboxylic acids is 2. The largest absolute Gasteiger partial charge is 0.490 e. The molecule has 0 saturated carbocycles. The van der Waals surface area contributed by atoms with E-state index in [1.165, 1.54) is 0 Å². The Kier molecular flexibility index (Phi) is 9.85.